The number of aliphatic hydroxyl groups excluding tert-OH is 1. The number of ketones is 1. The van der Waals surface area contributed by atoms with Crippen molar-refractivity contribution in [2.45, 2.75) is 18.6 Å². The highest BCUT2D eigenvalue weighted by Crippen LogP contribution is 2.37. The molecule has 1 aromatic carbocycles. The summed E-state index contributed by atoms with van der Waals surface area (Å²) in [6.45, 7) is 0. The number of ether oxygens (including phenoxy) is 1. The molecule has 3 heteroatoms. The van der Waals surface area contributed by atoms with Gasteiger partial charge in [-0.05, 0) is 18.1 Å². The van der Waals surface area contributed by atoms with E-state index in [1.54, 1.807) is 0 Å². The number of aliphatic hydroxyl groups is 1. The van der Waals surface area contributed by atoms with Crippen molar-refractivity contribution in [3.63, 3.8) is 0 Å². The van der Waals surface area contributed by atoms with Gasteiger partial charge < -0.3 is 9.84 Å². The van der Waals surface area contributed by atoms with Gasteiger partial charge in [0.15, 0.2) is 18.0 Å². The van der Waals surface area contributed by atoms with Gasteiger partial charge in [0, 0.05) is 0 Å². The summed E-state index contributed by atoms with van der Waals surface area (Å²) in [5.74, 6) is 0.206. The van der Waals surface area contributed by atoms with Crippen molar-refractivity contribution >= 4 is 5.78 Å². The van der Waals surface area contributed by atoms with Gasteiger partial charge in [0.1, 0.15) is 5.76 Å². The summed E-state index contributed by atoms with van der Waals surface area (Å²) in [6.07, 6.45) is 4.56. The smallest absolute Gasteiger partial charge is 0.176 e. The standard InChI is InChI=1S/C15H14O3/c16-13-11-8-4-5-9-12(11)18-15(14(13)17)10-6-2-1-3-7-10/h1-7,9,11,14-15,17H,8H2. The van der Waals surface area contributed by atoms with Gasteiger partial charge in [-0.1, -0.05) is 42.5 Å². The van der Waals surface area contributed by atoms with Gasteiger partial charge >= 0.3 is 0 Å². The Labute approximate surface area is 105 Å². The Hall–Kier alpha value is -1.87. The van der Waals surface area contributed by atoms with Crippen LogP contribution in [0.2, 0.25) is 0 Å². The molecule has 1 aliphatic carbocycles. The first-order valence-corrected chi connectivity index (χ1v) is 6.07. The Bertz CT molecular complexity index is 516. The summed E-state index contributed by atoms with van der Waals surface area (Å²) in [4.78, 5) is 12.1. The van der Waals surface area contributed by atoms with E-state index in [9.17, 15) is 9.90 Å². The number of hydrogen-bond donors (Lipinski definition) is 1. The molecule has 3 rings (SSSR count). The molecular formula is C15H14O3. The second-order valence-electron chi connectivity index (χ2n) is 4.58. The average molecular weight is 242 g/mol. The minimum Gasteiger partial charge on any atom is -0.486 e. The lowest BCUT2D eigenvalue weighted by molar-refractivity contribution is -0.147. The van der Waals surface area contributed by atoms with Gasteiger partial charge in [0.25, 0.3) is 0 Å². The summed E-state index contributed by atoms with van der Waals surface area (Å²) >= 11 is 0. The number of carbonyl (C=O) groups excluding carboxylic acids is 1. The zero-order valence-corrected chi connectivity index (χ0v) is 9.82. The molecule has 3 nitrogen and oxygen atoms in total. The zero-order valence-electron chi connectivity index (χ0n) is 9.82. The maximum Gasteiger partial charge on any atom is 0.176 e. The van der Waals surface area contributed by atoms with Gasteiger partial charge in [-0.15, -0.1) is 0 Å². The van der Waals surface area contributed by atoms with Crippen LogP contribution in [0.5, 0.6) is 0 Å². The molecule has 18 heavy (non-hydrogen) atoms. The number of fused-ring (bicyclic) bond motifs is 1. The third-order valence-electron chi connectivity index (χ3n) is 3.42. The van der Waals surface area contributed by atoms with Crippen LogP contribution < -0.4 is 0 Å². The SMILES string of the molecule is O=C1C2CC=CC=C2OC(c2ccccc2)C1O. The highest BCUT2D eigenvalue weighted by molar-refractivity contribution is 5.89. The largest absolute Gasteiger partial charge is 0.486 e. The molecule has 3 unspecified atom stereocenters. The summed E-state index contributed by atoms with van der Waals surface area (Å²) in [5, 5.41) is 10.1. The van der Waals surface area contributed by atoms with Crippen molar-refractivity contribution in [3.05, 3.63) is 59.9 Å². The molecule has 1 aliphatic heterocycles. The summed E-state index contributed by atoms with van der Waals surface area (Å²) in [6, 6.07) is 9.36. The third-order valence-corrected chi connectivity index (χ3v) is 3.42. The fourth-order valence-electron chi connectivity index (χ4n) is 2.45. The van der Waals surface area contributed by atoms with Crippen LogP contribution in [-0.2, 0) is 9.53 Å². The van der Waals surface area contributed by atoms with Gasteiger partial charge in [0.05, 0.1) is 5.92 Å². The van der Waals surface area contributed by atoms with Crippen LogP contribution >= 0.6 is 0 Å². The van der Waals surface area contributed by atoms with E-state index < -0.39 is 12.2 Å². The molecule has 3 atom stereocenters. The lowest BCUT2D eigenvalue weighted by Gasteiger charge is -2.35. The maximum absolute atomic E-state index is 12.1. The molecule has 1 N–H and O–H groups in total. The second-order valence-corrected chi connectivity index (χ2v) is 4.58. The molecule has 1 aromatic rings. The normalized spacial score (nSPS) is 30.4. The predicted molar refractivity (Wildman–Crippen MR) is 66.6 cm³/mol. The first kappa shape index (κ1) is 11.2. The van der Waals surface area contributed by atoms with E-state index in [0.29, 0.717) is 12.2 Å². The van der Waals surface area contributed by atoms with E-state index in [-0.39, 0.29) is 11.7 Å². The number of rotatable bonds is 1. The number of Topliss-reactive ketones (excluding diaryl/α,β-unsaturated/α-hetero) is 1. The van der Waals surface area contributed by atoms with Crippen LogP contribution in [0.15, 0.2) is 54.3 Å². The summed E-state index contributed by atoms with van der Waals surface area (Å²) in [5.41, 5.74) is 0.826. The monoisotopic (exact) mass is 242 g/mol. The Kier molecular flexibility index (Phi) is 2.76. The molecule has 0 saturated carbocycles. The molecule has 0 aromatic heterocycles. The number of benzene rings is 1. The molecule has 1 heterocycles. The predicted octanol–water partition coefficient (Wildman–Crippen LogP) is 2.15. The molecule has 92 valence electrons. The molecular weight excluding hydrogens is 228 g/mol. The van der Waals surface area contributed by atoms with Gasteiger partial charge in [-0.3, -0.25) is 4.79 Å². The lowest BCUT2D eigenvalue weighted by Crippen LogP contribution is -2.41. The average Bonchev–Trinajstić information content (AvgIpc) is 2.44. The highest BCUT2D eigenvalue weighted by atomic mass is 16.5. The molecule has 1 fully saturated rings. The molecule has 2 aliphatic rings. The molecule has 1 saturated heterocycles. The Morgan fingerprint density at radius 3 is 2.78 bits per heavy atom. The molecule has 0 bridgehead atoms. The van der Waals surface area contributed by atoms with Crippen LogP contribution in [0.1, 0.15) is 18.1 Å². The second kappa shape index (κ2) is 4.42. The Morgan fingerprint density at radius 2 is 2.00 bits per heavy atom. The Balaban J connectivity index is 1.95. The van der Waals surface area contributed by atoms with E-state index >= 15 is 0 Å². The van der Waals surface area contributed by atoms with Crippen molar-refractivity contribution in [3.8, 4) is 0 Å². The topological polar surface area (TPSA) is 46.5 Å². The van der Waals surface area contributed by atoms with Gasteiger partial charge in [0.2, 0.25) is 0 Å². The fourth-order valence-corrected chi connectivity index (χ4v) is 2.45. The van der Waals surface area contributed by atoms with Crippen LogP contribution in [0.3, 0.4) is 0 Å². The molecule has 0 spiro atoms. The third kappa shape index (κ3) is 1.77. The van der Waals surface area contributed by atoms with Gasteiger partial charge in [-0.2, -0.15) is 0 Å². The van der Waals surface area contributed by atoms with E-state index in [2.05, 4.69) is 0 Å². The number of carbonyl (C=O) groups is 1. The van der Waals surface area contributed by atoms with E-state index in [4.69, 9.17) is 4.74 Å². The summed E-state index contributed by atoms with van der Waals surface area (Å²) < 4.78 is 5.80. The van der Waals surface area contributed by atoms with Crippen LogP contribution in [0.25, 0.3) is 0 Å². The van der Waals surface area contributed by atoms with Crippen LogP contribution in [-0.4, -0.2) is 17.0 Å². The molecule has 0 amide bonds. The first-order valence-electron chi connectivity index (χ1n) is 6.07. The molecule has 0 radical (unpaired) electrons. The Morgan fingerprint density at radius 1 is 1.22 bits per heavy atom. The fraction of sp³-hybridized carbons (Fsp3) is 0.267. The highest BCUT2D eigenvalue weighted by Gasteiger charge is 2.42. The van der Waals surface area contributed by atoms with E-state index in [1.807, 2.05) is 48.6 Å². The quantitative estimate of drug-likeness (QED) is 0.820. The maximum atomic E-state index is 12.1. The van der Waals surface area contributed by atoms with Crippen molar-refractivity contribution in [1.29, 1.82) is 0 Å². The van der Waals surface area contributed by atoms with Crippen molar-refractivity contribution in [2.75, 3.05) is 0 Å². The first-order chi connectivity index (χ1) is 8.77. The van der Waals surface area contributed by atoms with Crippen LogP contribution in [0, 0.1) is 5.92 Å². The number of allylic oxidation sites excluding steroid dienone is 4. The van der Waals surface area contributed by atoms with Crippen molar-refractivity contribution in [2.24, 2.45) is 5.92 Å². The zero-order chi connectivity index (χ0) is 12.5. The summed E-state index contributed by atoms with van der Waals surface area (Å²) in [7, 11) is 0. The van der Waals surface area contributed by atoms with Crippen LogP contribution in [0.4, 0.5) is 0 Å². The minimum atomic E-state index is -1.08. The minimum absolute atomic E-state index is 0.147. The van der Waals surface area contributed by atoms with Crippen molar-refractivity contribution in [1.82, 2.24) is 0 Å². The van der Waals surface area contributed by atoms with E-state index in [1.165, 1.54) is 0 Å². The van der Waals surface area contributed by atoms with Gasteiger partial charge in [-0.25, -0.2) is 0 Å². The lowest BCUT2D eigenvalue weighted by atomic mass is 9.85. The number of hydrogen-bond acceptors (Lipinski definition) is 3. The van der Waals surface area contributed by atoms with E-state index in [0.717, 1.165) is 5.56 Å². The van der Waals surface area contributed by atoms with Crippen molar-refractivity contribution < 1.29 is 14.6 Å².